The van der Waals surface area contributed by atoms with Crippen LogP contribution in [0.15, 0.2) is 6.20 Å². The highest BCUT2D eigenvalue weighted by molar-refractivity contribution is 6.28. The Morgan fingerprint density at radius 3 is 2.94 bits per heavy atom. The molecule has 0 amide bonds. The lowest BCUT2D eigenvalue weighted by atomic mass is 9.98. The Hall–Kier alpha value is -1.16. The van der Waals surface area contributed by atoms with Crippen LogP contribution in [0.4, 0.5) is 5.82 Å². The minimum Gasteiger partial charge on any atom is -0.346 e. The Labute approximate surface area is 112 Å². The quantitative estimate of drug-likeness (QED) is 0.790. The summed E-state index contributed by atoms with van der Waals surface area (Å²) < 4.78 is 0. The third-order valence-electron chi connectivity index (χ3n) is 3.33. The van der Waals surface area contributed by atoms with Gasteiger partial charge in [0.15, 0.2) is 5.78 Å². The summed E-state index contributed by atoms with van der Waals surface area (Å²) in [5.41, 5.74) is 0.881. The number of anilines is 1. The summed E-state index contributed by atoms with van der Waals surface area (Å²) in [6.45, 7) is 7.10. The van der Waals surface area contributed by atoms with Gasteiger partial charge in [0.1, 0.15) is 5.82 Å². The lowest BCUT2D eigenvalue weighted by Crippen LogP contribution is -2.45. The molecular weight excluding hydrogens is 250 g/mol. The summed E-state index contributed by atoms with van der Waals surface area (Å²) in [4.78, 5) is 22.3. The Kier molecular flexibility index (Phi) is 3.85. The van der Waals surface area contributed by atoms with Crippen molar-refractivity contribution in [1.82, 2.24) is 9.97 Å². The van der Waals surface area contributed by atoms with Crippen LogP contribution in [-0.2, 0) is 11.2 Å². The third kappa shape index (κ3) is 2.64. The molecule has 4 nitrogen and oxygen atoms in total. The average Bonchev–Trinajstić information content (AvgIpc) is 2.30. The van der Waals surface area contributed by atoms with E-state index >= 15 is 0 Å². The van der Waals surface area contributed by atoms with Gasteiger partial charge in [-0.05, 0) is 30.9 Å². The number of hydrogen-bond donors (Lipinski definition) is 0. The summed E-state index contributed by atoms with van der Waals surface area (Å²) in [6, 6.07) is -0.123. The van der Waals surface area contributed by atoms with E-state index in [1.165, 1.54) is 0 Å². The van der Waals surface area contributed by atoms with Crippen molar-refractivity contribution in [2.45, 2.75) is 39.7 Å². The average molecular weight is 268 g/mol. The molecule has 0 saturated heterocycles. The molecule has 0 N–H and O–H groups in total. The molecule has 0 radical (unpaired) electrons. The van der Waals surface area contributed by atoms with E-state index in [4.69, 9.17) is 11.6 Å². The van der Waals surface area contributed by atoms with Crippen LogP contribution in [0, 0.1) is 5.92 Å². The van der Waals surface area contributed by atoms with Crippen LogP contribution in [-0.4, -0.2) is 28.3 Å². The fourth-order valence-electron chi connectivity index (χ4n) is 2.14. The highest BCUT2D eigenvalue weighted by atomic mass is 35.5. The second kappa shape index (κ2) is 5.22. The van der Waals surface area contributed by atoms with E-state index in [0.29, 0.717) is 12.3 Å². The predicted molar refractivity (Wildman–Crippen MR) is 72.0 cm³/mol. The van der Waals surface area contributed by atoms with Crippen molar-refractivity contribution in [3.63, 3.8) is 0 Å². The molecule has 5 heteroatoms. The number of nitrogens with zero attached hydrogens (tertiary/aromatic N) is 3. The zero-order chi connectivity index (χ0) is 13.3. The molecule has 1 aromatic rings. The lowest BCUT2D eigenvalue weighted by Gasteiger charge is -2.35. The van der Waals surface area contributed by atoms with Gasteiger partial charge in [0.05, 0.1) is 6.04 Å². The number of rotatable bonds is 3. The monoisotopic (exact) mass is 267 g/mol. The molecule has 2 heterocycles. The summed E-state index contributed by atoms with van der Waals surface area (Å²) in [5.74, 6) is 1.63. The molecule has 0 bridgehead atoms. The van der Waals surface area contributed by atoms with Gasteiger partial charge in [0.2, 0.25) is 5.28 Å². The maximum absolute atomic E-state index is 12.0. The van der Waals surface area contributed by atoms with Crippen LogP contribution < -0.4 is 4.90 Å². The number of Topliss-reactive ketones (excluding diaryl/α,β-unsaturated/α-hetero) is 1. The summed E-state index contributed by atoms with van der Waals surface area (Å²) in [7, 11) is 0. The molecular formula is C13H18ClN3O. The molecule has 98 valence electrons. The molecule has 2 rings (SSSR count). The number of halogens is 1. The van der Waals surface area contributed by atoms with E-state index in [9.17, 15) is 4.79 Å². The second-order valence-corrected chi connectivity index (χ2v) is 5.52. The van der Waals surface area contributed by atoms with Crippen LogP contribution in [0.5, 0.6) is 0 Å². The third-order valence-corrected chi connectivity index (χ3v) is 3.51. The summed E-state index contributed by atoms with van der Waals surface area (Å²) in [6.07, 6.45) is 3.10. The topological polar surface area (TPSA) is 46.1 Å². The van der Waals surface area contributed by atoms with Crippen molar-refractivity contribution >= 4 is 23.2 Å². The van der Waals surface area contributed by atoms with Crippen molar-refractivity contribution in [3.05, 3.63) is 17.0 Å². The number of ketones is 1. The first-order valence-corrected chi connectivity index (χ1v) is 6.67. The molecule has 0 aromatic carbocycles. The minimum absolute atomic E-state index is 0.123. The highest BCUT2D eigenvalue weighted by Crippen LogP contribution is 2.28. The maximum Gasteiger partial charge on any atom is 0.224 e. The standard InChI is InChI=1S/C13H18ClN3O/c1-8(2)4-5-17-9(3)11(18)6-10-7-15-13(14)16-12(10)17/h7-9H,4-6H2,1-3H3. The Balaban J connectivity index is 2.31. The molecule has 0 spiro atoms. The second-order valence-electron chi connectivity index (χ2n) is 5.18. The summed E-state index contributed by atoms with van der Waals surface area (Å²) in [5, 5.41) is 0.241. The fourth-order valence-corrected chi connectivity index (χ4v) is 2.27. The first kappa shape index (κ1) is 13.3. The first-order chi connectivity index (χ1) is 8.49. The van der Waals surface area contributed by atoms with Gasteiger partial charge in [-0.3, -0.25) is 4.79 Å². The molecule has 1 atom stereocenters. The molecule has 0 aliphatic carbocycles. The molecule has 0 saturated carbocycles. The SMILES string of the molecule is CC(C)CCN1c2nc(Cl)ncc2CC(=O)C1C. The van der Waals surface area contributed by atoms with E-state index in [1.807, 2.05) is 6.92 Å². The van der Waals surface area contributed by atoms with Crippen molar-refractivity contribution < 1.29 is 4.79 Å². The highest BCUT2D eigenvalue weighted by Gasteiger charge is 2.30. The molecule has 1 aliphatic rings. The van der Waals surface area contributed by atoms with Crippen molar-refractivity contribution in [3.8, 4) is 0 Å². The number of carbonyl (C=O) groups is 1. The zero-order valence-electron chi connectivity index (χ0n) is 11.0. The maximum atomic E-state index is 12.0. The van der Waals surface area contributed by atoms with Gasteiger partial charge in [0, 0.05) is 24.7 Å². The number of aromatic nitrogens is 2. The van der Waals surface area contributed by atoms with Crippen LogP contribution >= 0.6 is 11.6 Å². The fraction of sp³-hybridized carbons (Fsp3) is 0.615. The Morgan fingerprint density at radius 2 is 2.28 bits per heavy atom. The van der Waals surface area contributed by atoms with Gasteiger partial charge in [-0.25, -0.2) is 9.97 Å². The van der Waals surface area contributed by atoms with E-state index in [-0.39, 0.29) is 17.1 Å². The van der Waals surface area contributed by atoms with E-state index in [2.05, 4.69) is 28.7 Å². The first-order valence-electron chi connectivity index (χ1n) is 6.29. The van der Waals surface area contributed by atoms with E-state index in [1.54, 1.807) is 6.20 Å². The molecule has 0 fully saturated rings. The van der Waals surface area contributed by atoms with Crippen molar-refractivity contribution in [2.75, 3.05) is 11.4 Å². The van der Waals surface area contributed by atoms with E-state index in [0.717, 1.165) is 24.3 Å². The Bertz CT molecular complexity index is 462. The lowest BCUT2D eigenvalue weighted by molar-refractivity contribution is -0.119. The van der Waals surface area contributed by atoms with Crippen LogP contribution in [0.2, 0.25) is 5.28 Å². The molecule has 1 aromatic heterocycles. The van der Waals surface area contributed by atoms with Gasteiger partial charge in [0.25, 0.3) is 0 Å². The van der Waals surface area contributed by atoms with Gasteiger partial charge in [-0.1, -0.05) is 13.8 Å². The molecule has 1 unspecified atom stereocenters. The van der Waals surface area contributed by atoms with Gasteiger partial charge in [-0.2, -0.15) is 0 Å². The van der Waals surface area contributed by atoms with Gasteiger partial charge < -0.3 is 4.90 Å². The smallest absolute Gasteiger partial charge is 0.224 e. The van der Waals surface area contributed by atoms with Crippen molar-refractivity contribution in [2.24, 2.45) is 5.92 Å². The number of carbonyl (C=O) groups excluding carboxylic acids is 1. The summed E-state index contributed by atoms with van der Waals surface area (Å²) >= 11 is 5.85. The minimum atomic E-state index is -0.123. The predicted octanol–water partition coefficient (Wildman–Crippen LogP) is 2.50. The van der Waals surface area contributed by atoms with Crippen LogP contribution in [0.25, 0.3) is 0 Å². The van der Waals surface area contributed by atoms with E-state index < -0.39 is 0 Å². The largest absolute Gasteiger partial charge is 0.346 e. The molecule has 1 aliphatic heterocycles. The number of fused-ring (bicyclic) bond motifs is 1. The zero-order valence-corrected chi connectivity index (χ0v) is 11.7. The van der Waals surface area contributed by atoms with Crippen LogP contribution in [0.1, 0.15) is 32.8 Å². The van der Waals surface area contributed by atoms with Crippen molar-refractivity contribution in [1.29, 1.82) is 0 Å². The van der Waals surface area contributed by atoms with Crippen LogP contribution in [0.3, 0.4) is 0 Å². The number of hydrogen-bond acceptors (Lipinski definition) is 4. The van der Waals surface area contributed by atoms with Gasteiger partial charge in [-0.15, -0.1) is 0 Å². The molecule has 18 heavy (non-hydrogen) atoms. The van der Waals surface area contributed by atoms with Gasteiger partial charge >= 0.3 is 0 Å². The Morgan fingerprint density at radius 1 is 1.56 bits per heavy atom. The normalized spacial score (nSPS) is 19.3.